The SMILES string of the molecule is CCN(CC)Cc1cccc(C(=O)Nc2ccc3cn[nH]c3c2)c1. The first-order chi connectivity index (χ1) is 11.7. The minimum Gasteiger partial charge on any atom is -0.322 e. The van der Waals surface area contributed by atoms with Gasteiger partial charge in [0.25, 0.3) is 5.91 Å². The van der Waals surface area contributed by atoms with Crippen LogP contribution in [-0.2, 0) is 6.54 Å². The van der Waals surface area contributed by atoms with Gasteiger partial charge >= 0.3 is 0 Å². The molecule has 0 aliphatic carbocycles. The number of carbonyl (C=O) groups is 1. The zero-order valence-electron chi connectivity index (χ0n) is 14.0. The first-order valence-electron chi connectivity index (χ1n) is 8.25. The minimum atomic E-state index is -0.102. The van der Waals surface area contributed by atoms with Crippen LogP contribution in [-0.4, -0.2) is 34.1 Å². The maximum Gasteiger partial charge on any atom is 0.255 e. The Bertz CT molecular complexity index is 836. The second-order valence-electron chi connectivity index (χ2n) is 5.79. The van der Waals surface area contributed by atoms with E-state index in [0.717, 1.165) is 41.8 Å². The fraction of sp³-hybridized carbons (Fsp3) is 0.263. The van der Waals surface area contributed by atoms with E-state index in [-0.39, 0.29) is 5.91 Å². The lowest BCUT2D eigenvalue weighted by Gasteiger charge is -2.18. The number of anilines is 1. The average molecular weight is 322 g/mol. The average Bonchev–Trinajstić information content (AvgIpc) is 3.07. The molecule has 5 nitrogen and oxygen atoms in total. The molecule has 24 heavy (non-hydrogen) atoms. The summed E-state index contributed by atoms with van der Waals surface area (Å²) in [5, 5.41) is 10.9. The van der Waals surface area contributed by atoms with Gasteiger partial charge in [0.05, 0.1) is 11.7 Å². The molecular weight excluding hydrogens is 300 g/mol. The van der Waals surface area contributed by atoms with E-state index in [4.69, 9.17) is 0 Å². The number of fused-ring (bicyclic) bond motifs is 1. The monoisotopic (exact) mass is 322 g/mol. The number of nitrogens with one attached hydrogen (secondary N) is 2. The molecule has 1 amide bonds. The number of hydrogen-bond donors (Lipinski definition) is 2. The number of benzene rings is 2. The van der Waals surface area contributed by atoms with Gasteiger partial charge < -0.3 is 5.32 Å². The van der Waals surface area contributed by atoms with Crippen molar-refractivity contribution in [3.8, 4) is 0 Å². The van der Waals surface area contributed by atoms with Gasteiger partial charge in [-0.15, -0.1) is 0 Å². The van der Waals surface area contributed by atoms with E-state index in [1.165, 1.54) is 0 Å². The summed E-state index contributed by atoms with van der Waals surface area (Å²) in [4.78, 5) is 14.8. The summed E-state index contributed by atoms with van der Waals surface area (Å²) in [5.74, 6) is -0.102. The van der Waals surface area contributed by atoms with E-state index in [9.17, 15) is 4.79 Å². The Balaban J connectivity index is 1.74. The molecule has 1 aromatic heterocycles. The summed E-state index contributed by atoms with van der Waals surface area (Å²) in [5.41, 5.74) is 3.48. The Kier molecular flexibility index (Phi) is 4.91. The molecule has 0 saturated heterocycles. The summed E-state index contributed by atoms with van der Waals surface area (Å²) in [6.45, 7) is 7.14. The van der Waals surface area contributed by atoms with Gasteiger partial charge in [0.15, 0.2) is 0 Å². The summed E-state index contributed by atoms with van der Waals surface area (Å²) in [6, 6.07) is 13.5. The van der Waals surface area contributed by atoms with E-state index in [2.05, 4.69) is 40.3 Å². The highest BCUT2D eigenvalue weighted by Crippen LogP contribution is 2.18. The van der Waals surface area contributed by atoms with Crippen LogP contribution >= 0.6 is 0 Å². The fourth-order valence-electron chi connectivity index (χ4n) is 2.73. The van der Waals surface area contributed by atoms with Gasteiger partial charge in [0.1, 0.15) is 0 Å². The van der Waals surface area contributed by atoms with Crippen molar-refractivity contribution in [1.29, 1.82) is 0 Å². The number of nitrogens with zero attached hydrogens (tertiary/aromatic N) is 2. The van der Waals surface area contributed by atoms with Crippen molar-refractivity contribution in [2.75, 3.05) is 18.4 Å². The van der Waals surface area contributed by atoms with Gasteiger partial charge in [-0.2, -0.15) is 5.10 Å². The summed E-state index contributed by atoms with van der Waals surface area (Å²) < 4.78 is 0. The molecule has 0 unspecified atom stereocenters. The molecule has 0 fully saturated rings. The van der Waals surface area contributed by atoms with Crippen molar-refractivity contribution in [3.05, 3.63) is 59.8 Å². The molecule has 0 saturated carbocycles. The highest BCUT2D eigenvalue weighted by atomic mass is 16.1. The molecule has 0 aliphatic rings. The van der Waals surface area contributed by atoms with Gasteiger partial charge in [-0.05, 0) is 49.0 Å². The summed E-state index contributed by atoms with van der Waals surface area (Å²) >= 11 is 0. The largest absolute Gasteiger partial charge is 0.322 e. The lowest BCUT2D eigenvalue weighted by atomic mass is 10.1. The maximum atomic E-state index is 12.5. The Morgan fingerprint density at radius 1 is 1.17 bits per heavy atom. The number of carbonyl (C=O) groups excluding carboxylic acids is 1. The molecule has 2 N–H and O–H groups in total. The highest BCUT2D eigenvalue weighted by molar-refractivity contribution is 6.05. The number of hydrogen-bond acceptors (Lipinski definition) is 3. The zero-order chi connectivity index (χ0) is 16.9. The van der Waals surface area contributed by atoms with E-state index in [1.807, 2.05) is 36.4 Å². The van der Waals surface area contributed by atoms with Crippen LogP contribution in [0.5, 0.6) is 0 Å². The van der Waals surface area contributed by atoms with Crippen LogP contribution in [0.15, 0.2) is 48.7 Å². The quantitative estimate of drug-likeness (QED) is 0.728. The summed E-state index contributed by atoms with van der Waals surface area (Å²) in [6.07, 6.45) is 1.76. The lowest BCUT2D eigenvalue weighted by molar-refractivity contribution is 0.102. The van der Waals surface area contributed by atoms with E-state index in [1.54, 1.807) is 6.20 Å². The van der Waals surface area contributed by atoms with Crippen LogP contribution in [0.2, 0.25) is 0 Å². The summed E-state index contributed by atoms with van der Waals surface area (Å²) in [7, 11) is 0. The van der Waals surface area contributed by atoms with Gasteiger partial charge in [-0.3, -0.25) is 14.8 Å². The van der Waals surface area contributed by atoms with Crippen LogP contribution in [0.4, 0.5) is 5.69 Å². The van der Waals surface area contributed by atoms with Crippen LogP contribution in [0.1, 0.15) is 29.8 Å². The van der Waals surface area contributed by atoms with Crippen LogP contribution in [0, 0.1) is 0 Å². The van der Waals surface area contributed by atoms with Crippen LogP contribution in [0.3, 0.4) is 0 Å². The van der Waals surface area contributed by atoms with Gasteiger partial charge in [-0.25, -0.2) is 0 Å². The Labute approximate surface area is 141 Å². The molecule has 0 aliphatic heterocycles. The Morgan fingerprint density at radius 2 is 2.00 bits per heavy atom. The van der Waals surface area contributed by atoms with Crippen molar-refractivity contribution < 1.29 is 4.79 Å². The van der Waals surface area contributed by atoms with Gasteiger partial charge in [0, 0.05) is 23.2 Å². The lowest BCUT2D eigenvalue weighted by Crippen LogP contribution is -2.22. The third-order valence-corrected chi connectivity index (χ3v) is 4.19. The van der Waals surface area contributed by atoms with E-state index < -0.39 is 0 Å². The van der Waals surface area contributed by atoms with Crippen molar-refractivity contribution in [3.63, 3.8) is 0 Å². The third kappa shape index (κ3) is 3.63. The molecule has 2 aromatic carbocycles. The topological polar surface area (TPSA) is 61.0 Å². The van der Waals surface area contributed by atoms with Crippen molar-refractivity contribution in [2.24, 2.45) is 0 Å². The van der Waals surface area contributed by atoms with Crippen molar-refractivity contribution in [2.45, 2.75) is 20.4 Å². The molecular formula is C19H22N4O. The maximum absolute atomic E-state index is 12.5. The number of aromatic nitrogens is 2. The second-order valence-corrected chi connectivity index (χ2v) is 5.79. The predicted octanol–water partition coefficient (Wildman–Crippen LogP) is 3.66. The number of aromatic amines is 1. The Morgan fingerprint density at radius 3 is 2.79 bits per heavy atom. The first kappa shape index (κ1) is 16.2. The van der Waals surface area contributed by atoms with Crippen LogP contribution in [0.25, 0.3) is 10.9 Å². The van der Waals surface area contributed by atoms with Gasteiger partial charge in [0.2, 0.25) is 0 Å². The molecule has 124 valence electrons. The zero-order valence-corrected chi connectivity index (χ0v) is 14.0. The van der Waals surface area contributed by atoms with Gasteiger partial charge in [-0.1, -0.05) is 26.0 Å². The fourth-order valence-corrected chi connectivity index (χ4v) is 2.73. The standard InChI is InChI=1S/C19H22N4O/c1-3-23(4-2)13-14-6-5-7-15(10-14)19(24)21-17-9-8-16-12-20-22-18(16)11-17/h5-12H,3-4,13H2,1-2H3,(H,20,22)(H,21,24). The van der Waals surface area contributed by atoms with E-state index >= 15 is 0 Å². The molecule has 1 heterocycles. The molecule has 3 aromatic rings. The first-order valence-corrected chi connectivity index (χ1v) is 8.25. The molecule has 0 atom stereocenters. The number of rotatable bonds is 6. The molecule has 5 heteroatoms. The third-order valence-electron chi connectivity index (χ3n) is 4.19. The van der Waals surface area contributed by atoms with E-state index in [0.29, 0.717) is 5.56 Å². The second kappa shape index (κ2) is 7.27. The molecule has 0 radical (unpaired) electrons. The minimum absolute atomic E-state index is 0.102. The molecule has 0 spiro atoms. The number of H-pyrrole nitrogens is 1. The smallest absolute Gasteiger partial charge is 0.255 e. The molecule has 0 bridgehead atoms. The predicted molar refractivity (Wildman–Crippen MR) is 97.1 cm³/mol. The van der Waals surface area contributed by atoms with Crippen LogP contribution < -0.4 is 5.32 Å². The Hall–Kier alpha value is -2.66. The van der Waals surface area contributed by atoms with Crippen molar-refractivity contribution in [1.82, 2.24) is 15.1 Å². The normalized spacial score (nSPS) is 11.1. The highest BCUT2D eigenvalue weighted by Gasteiger charge is 2.09. The van der Waals surface area contributed by atoms with Crippen molar-refractivity contribution >= 4 is 22.5 Å². The number of amides is 1. The molecule has 3 rings (SSSR count).